The standard InChI is InChI=1S/C12H17N5O3S/c1-8-7-13-16(3)12(8)21(18,19)17-6-4-5-10(17)11-14-9(2)15-20-11/h7,10H,4-6H2,1-3H3. The van der Waals surface area contributed by atoms with Gasteiger partial charge in [0.2, 0.25) is 5.89 Å². The number of rotatable bonds is 3. The summed E-state index contributed by atoms with van der Waals surface area (Å²) in [6.45, 7) is 3.90. The van der Waals surface area contributed by atoms with Crippen LogP contribution in [0.5, 0.6) is 0 Å². The topological polar surface area (TPSA) is 94.1 Å². The van der Waals surface area contributed by atoms with Gasteiger partial charge in [0.25, 0.3) is 10.0 Å². The summed E-state index contributed by atoms with van der Waals surface area (Å²) in [5.41, 5.74) is 0.629. The number of aromatic nitrogens is 4. The zero-order chi connectivity index (χ0) is 15.2. The van der Waals surface area contributed by atoms with Crippen LogP contribution in [0.2, 0.25) is 0 Å². The highest BCUT2D eigenvalue weighted by Crippen LogP contribution is 2.36. The van der Waals surface area contributed by atoms with E-state index in [9.17, 15) is 8.42 Å². The minimum Gasteiger partial charge on any atom is -0.338 e. The first-order valence-electron chi connectivity index (χ1n) is 6.72. The van der Waals surface area contributed by atoms with E-state index < -0.39 is 16.1 Å². The van der Waals surface area contributed by atoms with E-state index in [-0.39, 0.29) is 5.03 Å². The molecule has 0 bridgehead atoms. The van der Waals surface area contributed by atoms with Gasteiger partial charge >= 0.3 is 0 Å². The van der Waals surface area contributed by atoms with E-state index in [2.05, 4.69) is 15.2 Å². The molecule has 1 atom stereocenters. The fourth-order valence-electron chi connectivity index (χ4n) is 2.74. The second-order valence-corrected chi connectivity index (χ2v) is 7.02. The quantitative estimate of drug-likeness (QED) is 0.837. The number of aryl methyl sites for hydroxylation is 3. The van der Waals surface area contributed by atoms with E-state index in [0.29, 0.717) is 30.2 Å². The molecule has 0 radical (unpaired) electrons. The summed E-state index contributed by atoms with van der Waals surface area (Å²) in [6.07, 6.45) is 2.99. The van der Waals surface area contributed by atoms with Gasteiger partial charge in [0.15, 0.2) is 10.9 Å². The molecule has 114 valence electrons. The van der Waals surface area contributed by atoms with Crippen LogP contribution in [-0.4, -0.2) is 39.2 Å². The van der Waals surface area contributed by atoms with Crippen molar-refractivity contribution in [3.63, 3.8) is 0 Å². The number of nitrogens with zero attached hydrogens (tertiary/aromatic N) is 5. The summed E-state index contributed by atoms with van der Waals surface area (Å²) in [5, 5.41) is 7.98. The first kappa shape index (κ1) is 14.2. The van der Waals surface area contributed by atoms with Gasteiger partial charge in [0.1, 0.15) is 6.04 Å². The highest BCUT2D eigenvalue weighted by Gasteiger charge is 2.41. The monoisotopic (exact) mass is 311 g/mol. The summed E-state index contributed by atoms with van der Waals surface area (Å²) >= 11 is 0. The van der Waals surface area contributed by atoms with Crippen molar-refractivity contribution < 1.29 is 12.9 Å². The average Bonchev–Trinajstić information content (AvgIpc) is 3.09. The third-order valence-electron chi connectivity index (χ3n) is 3.64. The van der Waals surface area contributed by atoms with Crippen LogP contribution in [0.1, 0.15) is 36.2 Å². The molecule has 21 heavy (non-hydrogen) atoms. The van der Waals surface area contributed by atoms with Crippen molar-refractivity contribution in [2.75, 3.05) is 6.54 Å². The van der Waals surface area contributed by atoms with Gasteiger partial charge in [0, 0.05) is 19.2 Å². The third kappa shape index (κ3) is 2.26. The Bertz CT molecular complexity index is 744. The largest absolute Gasteiger partial charge is 0.338 e. The van der Waals surface area contributed by atoms with E-state index in [1.54, 1.807) is 27.1 Å². The smallest absolute Gasteiger partial charge is 0.261 e. The minimum absolute atomic E-state index is 0.214. The van der Waals surface area contributed by atoms with Crippen LogP contribution in [0.4, 0.5) is 0 Å². The number of hydrogen-bond donors (Lipinski definition) is 0. The summed E-state index contributed by atoms with van der Waals surface area (Å²) in [5.74, 6) is 0.861. The molecule has 0 amide bonds. The molecular weight excluding hydrogens is 294 g/mol. The van der Waals surface area contributed by atoms with Gasteiger partial charge in [0.05, 0.1) is 6.20 Å². The maximum atomic E-state index is 12.9. The van der Waals surface area contributed by atoms with Crippen molar-refractivity contribution >= 4 is 10.0 Å². The number of hydrogen-bond acceptors (Lipinski definition) is 6. The Hall–Kier alpha value is -1.74. The molecule has 0 saturated carbocycles. The van der Waals surface area contributed by atoms with E-state index in [1.165, 1.54) is 8.99 Å². The average molecular weight is 311 g/mol. The molecule has 0 aliphatic carbocycles. The van der Waals surface area contributed by atoms with E-state index in [0.717, 1.165) is 6.42 Å². The molecule has 1 fully saturated rings. The van der Waals surface area contributed by atoms with Gasteiger partial charge < -0.3 is 4.52 Å². The Kier molecular flexibility index (Phi) is 3.33. The Morgan fingerprint density at radius 3 is 2.71 bits per heavy atom. The zero-order valence-corrected chi connectivity index (χ0v) is 13.0. The summed E-state index contributed by atoms with van der Waals surface area (Å²) in [6, 6.07) is -0.398. The first-order valence-corrected chi connectivity index (χ1v) is 8.16. The molecule has 0 N–H and O–H groups in total. The molecule has 3 rings (SSSR count). The summed E-state index contributed by atoms with van der Waals surface area (Å²) in [7, 11) is -2.01. The van der Waals surface area contributed by atoms with Crippen molar-refractivity contribution in [1.82, 2.24) is 24.2 Å². The molecule has 9 heteroatoms. The molecule has 2 aromatic rings. The van der Waals surface area contributed by atoms with Crippen LogP contribution in [0.25, 0.3) is 0 Å². The maximum Gasteiger partial charge on any atom is 0.261 e. The fraction of sp³-hybridized carbons (Fsp3) is 0.583. The van der Waals surface area contributed by atoms with Crippen LogP contribution < -0.4 is 0 Å². The van der Waals surface area contributed by atoms with Crippen LogP contribution in [0, 0.1) is 13.8 Å². The Labute approximate surface area is 122 Å². The van der Waals surface area contributed by atoms with Crippen molar-refractivity contribution in [1.29, 1.82) is 0 Å². The lowest BCUT2D eigenvalue weighted by Crippen LogP contribution is -2.32. The maximum absolute atomic E-state index is 12.9. The van der Waals surface area contributed by atoms with E-state index in [4.69, 9.17) is 4.52 Å². The number of sulfonamides is 1. The van der Waals surface area contributed by atoms with Crippen molar-refractivity contribution in [2.24, 2.45) is 7.05 Å². The Morgan fingerprint density at radius 2 is 2.14 bits per heavy atom. The fourth-order valence-corrected chi connectivity index (χ4v) is 4.70. The van der Waals surface area contributed by atoms with Gasteiger partial charge in [-0.1, -0.05) is 5.16 Å². The van der Waals surface area contributed by atoms with Crippen LogP contribution in [-0.2, 0) is 17.1 Å². The Balaban J connectivity index is 2.02. The highest BCUT2D eigenvalue weighted by atomic mass is 32.2. The molecule has 2 aromatic heterocycles. The van der Waals surface area contributed by atoms with Crippen molar-refractivity contribution in [2.45, 2.75) is 37.8 Å². The molecule has 1 aliphatic heterocycles. The first-order chi connectivity index (χ1) is 9.91. The van der Waals surface area contributed by atoms with Gasteiger partial charge in [-0.05, 0) is 26.7 Å². The van der Waals surface area contributed by atoms with Crippen LogP contribution >= 0.6 is 0 Å². The SMILES string of the molecule is Cc1noc(C2CCCN2S(=O)(=O)c2c(C)cnn2C)n1. The Morgan fingerprint density at radius 1 is 1.38 bits per heavy atom. The minimum atomic E-state index is -3.64. The van der Waals surface area contributed by atoms with E-state index >= 15 is 0 Å². The predicted molar refractivity (Wildman–Crippen MR) is 72.8 cm³/mol. The van der Waals surface area contributed by atoms with Gasteiger partial charge in [-0.15, -0.1) is 0 Å². The molecule has 8 nitrogen and oxygen atoms in total. The molecule has 0 spiro atoms. The van der Waals surface area contributed by atoms with Gasteiger partial charge in [-0.25, -0.2) is 8.42 Å². The second-order valence-electron chi connectivity index (χ2n) is 5.21. The lowest BCUT2D eigenvalue weighted by Gasteiger charge is -2.21. The molecule has 1 saturated heterocycles. The van der Waals surface area contributed by atoms with Crippen molar-refractivity contribution in [3.8, 4) is 0 Å². The molecule has 1 unspecified atom stereocenters. The summed E-state index contributed by atoms with van der Waals surface area (Å²) < 4.78 is 33.8. The van der Waals surface area contributed by atoms with E-state index in [1.807, 2.05) is 0 Å². The molecule has 3 heterocycles. The normalized spacial score (nSPS) is 20.2. The predicted octanol–water partition coefficient (Wildman–Crippen LogP) is 0.946. The molecule has 0 aromatic carbocycles. The molecule has 1 aliphatic rings. The lowest BCUT2D eigenvalue weighted by atomic mass is 10.2. The van der Waals surface area contributed by atoms with Crippen LogP contribution in [0.3, 0.4) is 0 Å². The second kappa shape index (κ2) is 4.92. The van der Waals surface area contributed by atoms with Crippen LogP contribution in [0.15, 0.2) is 15.7 Å². The highest BCUT2D eigenvalue weighted by molar-refractivity contribution is 7.89. The van der Waals surface area contributed by atoms with Crippen molar-refractivity contribution in [3.05, 3.63) is 23.5 Å². The third-order valence-corrected chi connectivity index (χ3v) is 5.77. The summed E-state index contributed by atoms with van der Waals surface area (Å²) in [4.78, 5) is 4.18. The zero-order valence-electron chi connectivity index (χ0n) is 12.1. The van der Waals surface area contributed by atoms with Gasteiger partial charge in [-0.2, -0.15) is 14.4 Å². The van der Waals surface area contributed by atoms with Gasteiger partial charge in [-0.3, -0.25) is 4.68 Å². The molecular formula is C12H17N5O3S. The lowest BCUT2D eigenvalue weighted by molar-refractivity contribution is 0.288.